The number of hydrogen-bond acceptors (Lipinski definition) is 2. The number of phenolic OH excluding ortho intramolecular Hbond substituents is 1. The van der Waals surface area contributed by atoms with Crippen molar-refractivity contribution in [2.24, 2.45) is 10.8 Å². The van der Waals surface area contributed by atoms with E-state index in [1.165, 1.54) is 5.56 Å². The molecule has 0 heterocycles. The molecular weight excluding hydrogens is 308 g/mol. The van der Waals surface area contributed by atoms with Crippen LogP contribution in [0.25, 0.3) is 0 Å². The Morgan fingerprint density at radius 1 is 1.00 bits per heavy atom. The quantitative estimate of drug-likeness (QED) is 0.656. The minimum absolute atomic E-state index is 0.0943. The van der Waals surface area contributed by atoms with E-state index in [-0.39, 0.29) is 16.2 Å². The van der Waals surface area contributed by atoms with E-state index in [9.17, 15) is 10.2 Å². The van der Waals surface area contributed by atoms with Crippen molar-refractivity contribution < 1.29 is 10.2 Å². The van der Waals surface area contributed by atoms with Crippen molar-refractivity contribution in [2.45, 2.75) is 73.6 Å². The van der Waals surface area contributed by atoms with Crippen LogP contribution < -0.4 is 0 Å². The van der Waals surface area contributed by atoms with E-state index in [0.717, 1.165) is 29.5 Å². The number of hydrogen-bond donors (Lipinski definition) is 2. The van der Waals surface area contributed by atoms with Gasteiger partial charge in [0.05, 0.1) is 0 Å². The minimum atomic E-state index is -0.116. The molecule has 0 radical (unpaired) electrons. The topological polar surface area (TPSA) is 40.5 Å². The fraction of sp³-hybridized carbons (Fsp3) is 0.565. The van der Waals surface area contributed by atoms with Gasteiger partial charge >= 0.3 is 0 Å². The summed E-state index contributed by atoms with van der Waals surface area (Å²) < 4.78 is 0. The van der Waals surface area contributed by atoms with Gasteiger partial charge in [-0.1, -0.05) is 72.2 Å². The summed E-state index contributed by atoms with van der Waals surface area (Å²) in [6.45, 7) is 17.1. The Morgan fingerprint density at radius 2 is 1.60 bits per heavy atom. The van der Waals surface area contributed by atoms with E-state index in [4.69, 9.17) is 0 Å². The molecular formula is C23H34O2. The third kappa shape index (κ3) is 4.29. The summed E-state index contributed by atoms with van der Waals surface area (Å²) in [6, 6.07) is 4.18. The average molecular weight is 343 g/mol. The van der Waals surface area contributed by atoms with Crippen LogP contribution in [0.5, 0.6) is 5.75 Å². The van der Waals surface area contributed by atoms with Gasteiger partial charge in [-0.2, -0.15) is 0 Å². The molecule has 0 saturated carbocycles. The molecule has 0 aliphatic heterocycles. The number of rotatable bonds is 2. The van der Waals surface area contributed by atoms with E-state index in [1.807, 2.05) is 6.08 Å². The van der Waals surface area contributed by atoms with Gasteiger partial charge in [-0.3, -0.25) is 0 Å². The first-order valence-corrected chi connectivity index (χ1v) is 9.19. The first-order valence-electron chi connectivity index (χ1n) is 9.19. The van der Waals surface area contributed by atoms with Crippen LogP contribution in [0.1, 0.15) is 71.6 Å². The molecule has 0 bridgehead atoms. The highest BCUT2D eigenvalue weighted by Gasteiger charge is 2.33. The van der Waals surface area contributed by atoms with Crippen molar-refractivity contribution in [3.05, 3.63) is 52.3 Å². The second kappa shape index (κ2) is 6.23. The second-order valence-electron chi connectivity index (χ2n) is 10.0. The molecule has 1 aromatic carbocycles. The Morgan fingerprint density at radius 3 is 2.12 bits per heavy atom. The lowest BCUT2D eigenvalue weighted by Crippen LogP contribution is -2.25. The maximum atomic E-state index is 10.9. The van der Waals surface area contributed by atoms with Crippen LogP contribution in [0.15, 0.2) is 35.6 Å². The molecule has 1 aliphatic carbocycles. The van der Waals surface area contributed by atoms with E-state index in [0.29, 0.717) is 11.5 Å². The summed E-state index contributed by atoms with van der Waals surface area (Å²) in [5.41, 5.74) is 3.85. The highest BCUT2D eigenvalue weighted by molar-refractivity contribution is 5.48. The zero-order chi connectivity index (χ0) is 19.2. The molecule has 0 spiro atoms. The van der Waals surface area contributed by atoms with Crippen molar-refractivity contribution in [1.82, 2.24) is 0 Å². The molecule has 1 aliphatic rings. The molecule has 0 saturated heterocycles. The van der Waals surface area contributed by atoms with Gasteiger partial charge in [0.1, 0.15) is 11.5 Å². The van der Waals surface area contributed by atoms with Crippen molar-refractivity contribution >= 4 is 0 Å². The highest BCUT2D eigenvalue weighted by atomic mass is 16.3. The predicted octanol–water partition coefficient (Wildman–Crippen LogP) is 6.37. The average Bonchev–Trinajstić information content (AvgIpc) is 2.43. The Kier molecular flexibility index (Phi) is 4.89. The Bertz CT molecular complexity index is 724. The fourth-order valence-corrected chi connectivity index (χ4v) is 3.64. The molecule has 25 heavy (non-hydrogen) atoms. The predicted molar refractivity (Wildman–Crippen MR) is 106 cm³/mol. The Labute approximate surface area is 153 Å². The van der Waals surface area contributed by atoms with E-state index < -0.39 is 0 Å². The monoisotopic (exact) mass is 342 g/mol. The van der Waals surface area contributed by atoms with Crippen molar-refractivity contribution in [1.29, 1.82) is 0 Å². The molecule has 2 rings (SSSR count). The molecule has 0 amide bonds. The van der Waals surface area contributed by atoms with Crippen LogP contribution in [0.3, 0.4) is 0 Å². The van der Waals surface area contributed by atoms with Gasteiger partial charge in [0.25, 0.3) is 0 Å². The first-order chi connectivity index (χ1) is 11.2. The van der Waals surface area contributed by atoms with Crippen molar-refractivity contribution in [2.75, 3.05) is 0 Å². The third-order valence-electron chi connectivity index (χ3n) is 5.07. The van der Waals surface area contributed by atoms with Crippen LogP contribution in [0, 0.1) is 17.8 Å². The normalized spacial score (nSPS) is 21.8. The second-order valence-corrected chi connectivity index (χ2v) is 10.0. The molecule has 2 heteroatoms. The third-order valence-corrected chi connectivity index (χ3v) is 5.07. The van der Waals surface area contributed by atoms with E-state index >= 15 is 0 Å². The van der Waals surface area contributed by atoms with E-state index in [2.05, 4.69) is 73.6 Å². The van der Waals surface area contributed by atoms with Gasteiger partial charge in [-0.05, 0) is 58.8 Å². The van der Waals surface area contributed by atoms with Crippen LogP contribution >= 0.6 is 0 Å². The van der Waals surface area contributed by atoms with Gasteiger partial charge in [0.15, 0.2) is 0 Å². The molecule has 2 nitrogen and oxygen atoms in total. The summed E-state index contributed by atoms with van der Waals surface area (Å²) in [5.74, 6) is 0.817. The Hall–Kier alpha value is -1.70. The number of aryl methyl sites for hydroxylation is 1. The first kappa shape index (κ1) is 19.6. The number of benzene rings is 1. The smallest absolute Gasteiger partial charge is 0.122 e. The molecule has 1 unspecified atom stereocenters. The summed E-state index contributed by atoms with van der Waals surface area (Å²) >= 11 is 0. The minimum Gasteiger partial charge on any atom is -0.508 e. The summed E-state index contributed by atoms with van der Waals surface area (Å²) in [6.07, 6.45) is 5.67. The standard InChI is InChI=1S/C23H34O2/c1-15-11-16(20(25)17(12-15)21(2,3)4)13-23(8)10-9-19(24)18(14-23)22(5,6)7/h9,11-12,14,24-25H,10,13H2,1-8H3. The number of aliphatic hydroxyl groups is 1. The summed E-state index contributed by atoms with van der Waals surface area (Å²) in [7, 11) is 0. The van der Waals surface area contributed by atoms with Gasteiger partial charge in [0.2, 0.25) is 0 Å². The summed E-state index contributed by atoms with van der Waals surface area (Å²) in [5, 5.41) is 21.2. The molecule has 0 aromatic heterocycles. The van der Waals surface area contributed by atoms with Gasteiger partial charge in [-0.25, -0.2) is 0 Å². The van der Waals surface area contributed by atoms with Crippen molar-refractivity contribution in [3.8, 4) is 5.75 Å². The largest absolute Gasteiger partial charge is 0.508 e. The number of phenols is 1. The lowest BCUT2D eigenvalue weighted by molar-refractivity contribution is 0.332. The number of allylic oxidation sites excluding steroid dienone is 3. The molecule has 138 valence electrons. The maximum Gasteiger partial charge on any atom is 0.122 e. The molecule has 1 aromatic rings. The van der Waals surface area contributed by atoms with Gasteiger partial charge in [0, 0.05) is 0 Å². The molecule has 2 N–H and O–H groups in total. The number of aromatic hydroxyl groups is 1. The molecule has 0 fully saturated rings. The van der Waals surface area contributed by atoms with Crippen LogP contribution in [0.2, 0.25) is 0 Å². The lowest BCUT2D eigenvalue weighted by Gasteiger charge is -2.35. The van der Waals surface area contributed by atoms with Crippen LogP contribution in [-0.4, -0.2) is 10.2 Å². The SMILES string of the molecule is Cc1cc(CC2(C)C=C(C(C)(C)C)C(O)=CC2)c(O)c(C(C)(C)C)c1. The molecule has 1 atom stereocenters. The van der Waals surface area contributed by atoms with Gasteiger partial charge < -0.3 is 10.2 Å². The van der Waals surface area contributed by atoms with Crippen LogP contribution in [-0.2, 0) is 11.8 Å². The van der Waals surface area contributed by atoms with E-state index in [1.54, 1.807) is 0 Å². The zero-order valence-corrected chi connectivity index (χ0v) is 17.1. The van der Waals surface area contributed by atoms with Gasteiger partial charge in [-0.15, -0.1) is 0 Å². The van der Waals surface area contributed by atoms with Crippen LogP contribution in [0.4, 0.5) is 0 Å². The lowest BCUT2D eigenvalue weighted by atomic mass is 9.70. The fourth-order valence-electron chi connectivity index (χ4n) is 3.64. The highest BCUT2D eigenvalue weighted by Crippen LogP contribution is 2.44. The summed E-state index contributed by atoms with van der Waals surface area (Å²) in [4.78, 5) is 0. The number of aliphatic hydroxyl groups excluding tert-OH is 1. The zero-order valence-electron chi connectivity index (χ0n) is 17.1. The van der Waals surface area contributed by atoms with Crippen molar-refractivity contribution in [3.63, 3.8) is 0 Å². The Balaban J connectivity index is 2.46. The maximum absolute atomic E-state index is 10.9.